The molecule has 1 aromatic carbocycles. The number of methoxy groups -OCH3 is 1. The lowest BCUT2D eigenvalue weighted by molar-refractivity contribution is -0.865. The van der Waals surface area contributed by atoms with Crippen molar-refractivity contribution in [3.63, 3.8) is 0 Å². The van der Waals surface area contributed by atoms with Gasteiger partial charge in [0.15, 0.2) is 0 Å². The van der Waals surface area contributed by atoms with Gasteiger partial charge < -0.3 is 9.64 Å². The highest BCUT2D eigenvalue weighted by Gasteiger charge is 2.28. The third-order valence-corrected chi connectivity index (χ3v) is 5.16. The molecule has 2 N–H and O–H groups in total. The molecular weight excluding hydrogens is 384 g/mol. The number of hydrogen-bond donors (Lipinski definition) is 2. The third kappa shape index (κ3) is 5.87. The zero-order chi connectivity index (χ0) is 17.8. The minimum atomic E-state index is -3.81. The molecular formula is C15H24BrN2O4S+. The predicted octanol–water partition coefficient (Wildman–Crippen LogP) is 0.685. The van der Waals surface area contributed by atoms with Crippen LogP contribution >= 0.6 is 15.9 Å². The second kappa shape index (κ2) is 7.74. The van der Waals surface area contributed by atoms with Crippen LogP contribution < -0.4 is 9.62 Å². The van der Waals surface area contributed by atoms with E-state index in [1.807, 2.05) is 27.9 Å². The summed E-state index contributed by atoms with van der Waals surface area (Å²) >= 11 is 3.23. The molecule has 0 heterocycles. The van der Waals surface area contributed by atoms with Crippen LogP contribution in [0.4, 0.5) is 0 Å². The minimum Gasteiger partial charge on any atom is -0.465 e. The van der Waals surface area contributed by atoms with Crippen molar-refractivity contribution in [2.75, 3.05) is 34.3 Å². The zero-order valence-electron chi connectivity index (χ0n) is 14.1. The molecule has 0 saturated heterocycles. The maximum absolute atomic E-state index is 12.6. The van der Waals surface area contributed by atoms with E-state index in [4.69, 9.17) is 0 Å². The Labute approximate surface area is 146 Å². The lowest BCUT2D eigenvalue weighted by Crippen LogP contribution is -3.07. The molecule has 0 aromatic heterocycles. The van der Waals surface area contributed by atoms with E-state index >= 15 is 0 Å². The van der Waals surface area contributed by atoms with Gasteiger partial charge in [0.25, 0.3) is 0 Å². The highest BCUT2D eigenvalue weighted by Crippen LogP contribution is 2.22. The smallest absolute Gasteiger partial charge is 0.339 e. The maximum Gasteiger partial charge on any atom is 0.339 e. The normalized spacial score (nSPS) is 12.5. The summed E-state index contributed by atoms with van der Waals surface area (Å²) in [6.45, 7) is 5.06. The zero-order valence-corrected chi connectivity index (χ0v) is 16.5. The number of quaternary nitrogens is 1. The van der Waals surface area contributed by atoms with Gasteiger partial charge in [-0.25, -0.2) is 17.9 Å². The van der Waals surface area contributed by atoms with E-state index in [0.29, 0.717) is 4.47 Å². The van der Waals surface area contributed by atoms with E-state index in [0.717, 1.165) is 6.54 Å². The summed E-state index contributed by atoms with van der Waals surface area (Å²) in [6, 6.07) is 4.41. The van der Waals surface area contributed by atoms with Crippen molar-refractivity contribution in [2.24, 2.45) is 5.41 Å². The molecule has 0 saturated carbocycles. The van der Waals surface area contributed by atoms with Crippen LogP contribution in [0.25, 0.3) is 0 Å². The summed E-state index contributed by atoms with van der Waals surface area (Å²) < 4.78 is 33.0. The number of carbonyl (C=O) groups excluding carboxylic acids is 1. The van der Waals surface area contributed by atoms with E-state index in [-0.39, 0.29) is 22.4 Å². The van der Waals surface area contributed by atoms with Gasteiger partial charge in [0.2, 0.25) is 10.0 Å². The molecule has 0 aliphatic carbocycles. The van der Waals surface area contributed by atoms with Crippen LogP contribution in [0, 0.1) is 5.41 Å². The first-order valence-electron chi connectivity index (χ1n) is 7.15. The summed E-state index contributed by atoms with van der Waals surface area (Å²) in [4.78, 5) is 13.0. The van der Waals surface area contributed by atoms with Crippen LogP contribution in [0.1, 0.15) is 24.2 Å². The molecule has 1 rings (SSSR count). The fourth-order valence-electron chi connectivity index (χ4n) is 2.39. The number of hydrogen-bond acceptors (Lipinski definition) is 4. The number of nitrogens with one attached hydrogen (secondary N) is 2. The van der Waals surface area contributed by atoms with Gasteiger partial charge in [-0.1, -0.05) is 29.8 Å². The summed E-state index contributed by atoms with van der Waals surface area (Å²) in [5, 5.41) is 0. The fourth-order valence-corrected chi connectivity index (χ4v) is 4.17. The molecule has 6 nitrogen and oxygen atoms in total. The fraction of sp³-hybridized carbons (Fsp3) is 0.533. The predicted molar refractivity (Wildman–Crippen MR) is 92.1 cm³/mol. The average Bonchev–Trinajstić information content (AvgIpc) is 2.43. The molecule has 23 heavy (non-hydrogen) atoms. The van der Waals surface area contributed by atoms with Gasteiger partial charge in [0.1, 0.15) is 0 Å². The Morgan fingerprint density at radius 2 is 1.96 bits per heavy atom. The molecule has 8 heteroatoms. The van der Waals surface area contributed by atoms with Crippen LogP contribution in [0.15, 0.2) is 27.6 Å². The van der Waals surface area contributed by atoms with Crippen molar-refractivity contribution in [1.29, 1.82) is 0 Å². The Balaban J connectivity index is 3.08. The van der Waals surface area contributed by atoms with Crippen LogP contribution in [0.2, 0.25) is 0 Å². The van der Waals surface area contributed by atoms with Gasteiger partial charge in [0.05, 0.1) is 38.2 Å². The van der Waals surface area contributed by atoms with E-state index in [1.54, 1.807) is 6.07 Å². The van der Waals surface area contributed by atoms with Crippen LogP contribution in [-0.2, 0) is 14.8 Å². The van der Waals surface area contributed by atoms with E-state index in [2.05, 4.69) is 25.4 Å². The highest BCUT2D eigenvalue weighted by atomic mass is 79.9. The van der Waals surface area contributed by atoms with Gasteiger partial charge in [-0.05, 0) is 18.2 Å². The number of sulfonamides is 1. The van der Waals surface area contributed by atoms with Crippen LogP contribution in [0.3, 0.4) is 0 Å². The summed E-state index contributed by atoms with van der Waals surface area (Å²) in [5.74, 6) is -0.691. The molecule has 1 aromatic rings. The van der Waals surface area contributed by atoms with Crippen molar-refractivity contribution in [2.45, 2.75) is 18.7 Å². The third-order valence-electron chi connectivity index (χ3n) is 3.21. The second-order valence-electron chi connectivity index (χ2n) is 6.50. The molecule has 0 amide bonds. The first kappa shape index (κ1) is 20.1. The largest absolute Gasteiger partial charge is 0.465 e. The molecule has 0 spiro atoms. The van der Waals surface area contributed by atoms with Gasteiger partial charge in [-0.3, -0.25) is 0 Å². The van der Waals surface area contributed by atoms with Crippen LogP contribution in [-0.4, -0.2) is 48.7 Å². The molecule has 130 valence electrons. The number of rotatable bonds is 7. The quantitative estimate of drug-likeness (QED) is 0.651. The molecule has 0 bridgehead atoms. The Morgan fingerprint density at radius 1 is 1.35 bits per heavy atom. The number of ether oxygens (including phenoxy) is 1. The molecule has 0 fully saturated rings. The van der Waals surface area contributed by atoms with Crippen molar-refractivity contribution in [3.8, 4) is 0 Å². The first-order chi connectivity index (χ1) is 10.5. The molecule has 0 unspecified atom stereocenters. The Morgan fingerprint density at radius 3 is 2.48 bits per heavy atom. The summed E-state index contributed by atoms with van der Waals surface area (Å²) in [7, 11) is 1.43. The lowest BCUT2D eigenvalue weighted by Gasteiger charge is -2.26. The first-order valence-corrected chi connectivity index (χ1v) is 9.43. The topological polar surface area (TPSA) is 76.9 Å². The van der Waals surface area contributed by atoms with Gasteiger partial charge >= 0.3 is 5.97 Å². The van der Waals surface area contributed by atoms with Gasteiger partial charge in [-0.2, -0.15) is 0 Å². The van der Waals surface area contributed by atoms with E-state index < -0.39 is 16.0 Å². The maximum atomic E-state index is 12.6. The molecule has 0 aliphatic rings. The highest BCUT2D eigenvalue weighted by molar-refractivity contribution is 9.10. The molecule has 0 aliphatic heterocycles. The van der Waals surface area contributed by atoms with E-state index in [1.165, 1.54) is 24.1 Å². The molecule has 0 atom stereocenters. The number of halogens is 1. The second-order valence-corrected chi connectivity index (χ2v) is 9.16. The standard InChI is InChI=1S/C15H23BrN2O4S/c1-15(2,10-18(3)4)9-17-23(20,21)13-7-6-11(16)8-12(13)14(19)22-5/h6-8,17H,9-10H2,1-5H3/p+1. The lowest BCUT2D eigenvalue weighted by atomic mass is 9.93. The SMILES string of the molecule is COC(=O)c1cc(Br)ccc1S(=O)(=O)NCC(C)(C)C[NH+](C)C. The minimum absolute atomic E-state index is 0.00501. The van der Waals surface area contributed by atoms with Crippen LogP contribution in [0.5, 0.6) is 0 Å². The Bertz CT molecular complexity index is 672. The van der Waals surface area contributed by atoms with Crippen molar-refractivity contribution in [1.82, 2.24) is 4.72 Å². The van der Waals surface area contributed by atoms with Crippen molar-refractivity contribution < 1.29 is 22.8 Å². The van der Waals surface area contributed by atoms with E-state index in [9.17, 15) is 13.2 Å². The Hall–Kier alpha value is -0.960. The summed E-state index contributed by atoms with van der Waals surface area (Å²) in [6.07, 6.45) is 0. The molecule has 0 radical (unpaired) electrons. The average molecular weight is 408 g/mol. The van der Waals surface area contributed by atoms with Crippen molar-refractivity contribution >= 4 is 31.9 Å². The Kier molecular flexibility index (Phi) is 6.76. The monoisotopic (exact) mass is 407 g/mol. The number of carbonyl (C=O) groups is 1. The van der Waals surface area contributed by atoms with Gasteiger partial charge in [-0.15, -0.1) is 0 Å². The number of benzene rings is 1. The van der Waals surface area contributed by atoms with Crippen molar-refractivity contribution in [3.05, 3.63) is 28.2 Å². The van der Waals surface area contributed by atoms with Gasteiger partial charge in [0, 0.05) is 16.4 Å². The summed E-state index contributed by atoms with van der Waals surface area (Å²) in [5.41, 5.74) is -0.211. The number of esters is 1.